The minimum Gasteiger partial charge on any atom is -0.465 e. The van der Waals surface area contributed by atoms with Gasteiger partial charge in [0.2, 0.25) is 0 Å². The topological polar surface area (TPSA) is 29.5 Å². The predicted molar refractivity (Wildman–Crippen MR) is 76.1 cm³/mol. The normalized spacial score (nSPS) is 20.2. The van der Waals surface area contributed by atoms with Crippen molar-refractivity contribution < 1.29 is 9.53 Å². The van der Waals surface area contributed by atoms with Crippen LogP contribution >= 0.6 is 11.6 Å². The first-order chi connectivity index (χ1) is 9.20. The highest BCUT2D eigenvalue weighted by Crippen LogP contribution is 2.21. The zero-order chi connectivity index (χ0) is 13.7. The molecule has 0 aliphatic carbocycles. The highest BCUT2D eigenvalue weighted by Gasteiger charge is 2.29. The lowest BCUT2D eigenvalue weighted by molar-refractivity contribution is -0.151. The molecule has 0 bridgehead atoms. The molecule has 4 heteroatoms. The fourth-order valence-corrected chi connectivity index (χ4v) is 2.77. The maximum absolute atomic E-state index is 12.0. The number of nitrogens with zero attached hydrogens (tertiary/aromatic N) is 1. The van der Waals surface area contributed by atoms with E-state index in [1.807, 2.05) is 31.2 Å². The zero-order valence-corrected chi connectivity index (χ0v) is 12.0. The van der Waals surface area contributed by atoms with Gasteiger partial charge in [0.25, 0.3) is 0 Å². The summed E-state index contributed by atoms with van der Waals surface area (Å²) in [6.07, 6.45) is 3.12. The minimum absolute atomic E-state index is 0.0933. The van der Waals surface area contributed by atoms with Crippen LogP contribution in [0.1, 0.15) is 31.7 Å². The number of halogens is 1. The quantitative estimate of drug-likeness (QED) is 0.794. The Morgan fingerprint density at radius 2 is 2.32 bits per heavy atom. The van der Waals surface area contributed by atoms with E-state index in [0.717, 1.165) is 42.9 Å². The molecule has 0 aromatic heterocycles. The largest absolute Gasteiger partial charge is 0.465 e. The summed E-state index contributed by atoms with van der Waals surface area (Å²) in [6.45, 7) is 3.99. The fourth-order valence-electron chi connectivity index (χ4n) is 2.56. The molecule has 1 fully saturated rings. The molecular weight excluding hydrogens is 262 g/mol. The van der Waals surface area contributed by atoms with Crippen LogP contribution < -0.4 is 0 Å². The van der Waals surface area contributed by atoms with E-state index >= 15 is 0 Å². The Balaban J connectivity index is 2.05. The van der Waals surface area contributed by atoms with E-state index in [9.17, 15) is 4.79 Å². The Hall–Kier alpha value is -1.06. The smallest absolute Gasteiger partial charge is 0.323 e. The Kier molecular flexibility index (Phi) is 5.23. The highest BCUT2D eigenvalue weighted by atomic mass is 35.5. The third-order valence-electron chi connectivity index (χ3n) is 3.45. The summed E-state index contributed by atoms with van der Waals surface area (Å²) in [5.41, 5.74) is 1.14. The molecule has 2 rings (SSSR count). The van der Waals surface area contributed by atoms with Gasteiger partial charge in [-0.3, -0.25) is 9.69 Å². The summed E-state index contributed by atoms with van der Waals surface area (Å²) in [5.74, 6) is -0.0933. The molecule has 0 saturated carbocycles. The zero-order valence-electron chi connectivity index (χ0n) is 11.3. The lowest BCUT2D eigenvalue weighted by Crippen LogP contribution is -2.44. The van der Waals surface area contributed by atoms with Gasteiger partial charge in [-0.05, 0) is 44.0 Å². The molecule has 104 valence electrons. The molecule has 1 heterocycles. The number of likely N-dealkylation sites (tertiary alicyclic amines) is 1. The SMILES string of the molecule is CCOC(=O)C1CCCCN1Cc1cccc(Cl)c1. The standard InChI is InChI=1S/C15H20ClNO2/c1-2-19-15(18)14-8-3-4-9-17(14)11-12-6-5-7-13(16)10-12/h5-7,10,14H,2-4,8-9,11H2,1H3. The molecule has 19 heavy (non-hydrogen) atoms. The number of rotatable bonds is 4. The second-order valence-electron chi connectivity index (χ2n) is 4.86. The summed E-state index contributed by atoms with van der Waals surface area (Å²) in [7, 11) is 0. The lowest BCUT2D eigenvalue weighted by atomic mass is 10.0. The Morgan fingerprint density at radius 3 is 3.05 bits per heavy atom. The Bertz CT molecular complexity index is 436. The number of piperidine rings is 1. The van der Waals surface area contributed by atoms with Crippen LogP contribution in [0.2, 0.25) is 5.02 Å². The molecular formula is C15H20ClNO2. The Morgan fingerprint density at radius 1 is 1.47 bits per heavy atom. The van der Waals surface area contributed by atoms with Gasteiger partial charge in [0.05, 0.1) is 6.61 Å². The highest BCUT2D eigenvalue weighted by molar-refractivity contribution is 6.30. The number of carbonyl (C=O) groups is 1. The van der Waals surface area contributed by atoms with Crippen LogP contribution in [0.3, 0.4) is 0 Å². The third-order valence-corrected chi connectivity index (χ3v) is 3.68. The number of carbonyl (C=O) groups excluding carboxylic acids is 1. The van der Waals surface area contributed by atoms with Crippen LogP contribution in [0.5, 0.6) is 0 Å². The van der Waals surface area contributed by atoms with E-state index < -0.39 is 0 Å². The first-order valence-corrected chi connectivity index (χ1v) is 7.23. The van der Waals surface area contributed by atoms with Crippen LogP contribution in [0.25, 0.3) is 0 Å². The van der Waals surface area contributed by atoms with Crippen molar-refractivity contribution in [2.45, 2.75) is 38.8 Å². The molecule has 1 aromatic carbocycles. The molecule has 1 saturated heterocycles. The number of benzene rings is 1. The van der Waals surface area contributed by atoms with Gasteiger partial charge in [0.1, 0.15) is 6.04 Å². The van der Waals surface area contributed by atoms with E-state index in [2.05, 4.69) is 4.90 Å². The van der Waals surface area contributed by atoms with Gasteiger partial charge >= 0.3 is 5.97 Å². The van der Waals surface area contributed by atoms with Crippen molar-refractivity contribution in [1.29, 1.82) is 0 Å². The molecule has 1 atom stereocenters. The summed E-state index contributed by atoms with van der Waals surface area (Å²) in [4.78, 5) is 14.2. The minimum atomic E-state index is -0.104. The van der Waals surface area contributed by atoms with Gasteiger partial charge in [-0.2, -0.15) is 0 Å². The first kappa shape index (κ1) is 14.4. The summed E-state index contributed by atoms with van der Waals surface area (Å²) in [6, 6.07) is 7.71. The molecule has 3 nitrogen and oxygen atoms in total. The molecule has 1 aliphatic rings. The van der Waals surface area contributed by atoms with Crippen LogP contribution in [-0.2, 0) is 16.1 Å². The van der Waals surface area contributed by atoms with Crippen molar-refractivity contribution in [3.8, 4) is 0 Å². The van der Waals surface area contributed by atoms with Gasteiger partial charge in [-0.1, -0.05) is 30.2 Å². The van der Waals surface area contributed by atoms with Gasteiger partial charge in [0.15, 0.2) is 0 Å². The number of hydrogen-bond acceptors (Lipinski definition) is 3. The monoisotopic (exact) mass is 281 g/mol. The fraction of sp³-hybridized carbons (Fsp3) is 0.533. The van der Waals surface area contributed by atoms with E-state index in [4.69, 9.17) is 16.3 Å². The van der Waals surface area contributed by atoms with Crippen LogP contribution in [0.4, 0.5) is 0 Å². The van der Waals surface area contributed by atoms with E-state index in [1.54, 1.807) is 0 Å². The molecule has 0 radical (unpaired) electrons. The average molecular weight is 282 g/mol. The van der Waals surface area contributed by atoms with E-state index in [-0.39, 0.29) is 12.0 Å². The van der Waals surface area contributed by atoms with Crippen molar-refractivity contribution in [3.63, 3.8) is 0 Å². The third kappa shape index (κ3) is 3.95. The Labute approximate surface area is 119 Å². The van der Waals surface area contributed by atoms with Gasteiger partial charge < -0.3 is 4.74 Å². The molecule has 1 unspecified atom stereocenters. The van der Waals surface area contributed by atoms with E-state index in [0.29, 0.717) is 6.61 Å². The first-order valence-electron chi connectivity index (χ1n) is 6.86. The predicted octanol–water partition coefficient (Wildman–Crippen LogP) is 3.26. The maximum atomic E-state index is 12.0. The second kappa shape index (κ2) is 6.92. The molecule has 1 aromatic rings. The lowest BCUT2D eigenvalue weighted by Gasteiger charge is -2.33. The summed E-state index contributed by atoms with van der Waals surface area (Å²) in [5, 5.41) is 0.738. The van der Waals surface area contributed by atoms with Crippen LogP contribution in [0, 0.1) is 0 Å². The number of esters is 1. The summed E-state index contributed by atoms with van der Waals surface area (Å²) < 4.78 is 5.17. The van der Waals surface area contributed by atoms with E-state index in [1.165, 1.54) is 0 Å². The second-order valence-corrected chi connectivity index (χ2v) is 5.30. The molecule has 0 N–H and O–H groups in total. The molecule has 0 amide bonds. The van der Waals surface area contributed by atoms with Gasteiger partial charge in [0, 0.05) is 11.6 Å². The van der Waals surface area contributed by atoms with Crippen molar-refractivity contribution in [1.82, 2.24) is 4.90 Å². The average Bonchev–Trinajstić information content (AvgIpc) is 2.39. The summed E-state index contributed by atoms with van der Waals surface area (Å²) >= 11 is 6.00. The van der Waals surface area contributed by atoms with Gasteiger partial charge in [-0.25, -0.2) is 0 Å². The van der Waals surface area contributed by atoms with Crippen LogP contribution in [0.15, 0.2) is 24.3 Å². The maximum Gasteiger partial charge on any atom is 0.323 e. The van der Waals surface area contributed by atoms with Crippen LogP contribution in [-0.4, -0.2) is 30.1 Å². The van der Waals surface area contributed by atoms with Gasteiger partial charge in [-0.15, -0.1) is 0 Å². The van der Waals surface area contributed by atoms with Crippen molar-refractivity contribution >= 4 is 17.6 Å². The number of ether oxygens (including phenoxy) is 1. The van der Waals surface area contributed by atoms with Crippen molar-refractivity contribution in [2.75, 3.05) is 13.2 Å². The number of hydrogen-bond donors (Lipinski definition) is 0. The van der Waals surface area contributed by atoms with Crippen molar-refractivity contribution in [3.05, 3.63) is 34.9 Å². The molecule has 1 aliphatic heterocycles. The molecule has 0 spiro atoms. The van der Waals surface area contributed by atoms with Crippen molar-refractivity contribution in [2.24, 2.45) is 0 Å².